The van der Waals surface area contributed by atoms with Gasteiger partial charge in [0, 0.05) is 16.3 Å². The van der Waals surface area contributed by atoms with Crippen LogP contribution in [0.3, 0.4) is 0 Å². The molecular formula is C20H16ClN3O5. The first-order valence-corrected chi connectivity index (χ1v) is 8.73. The summed E-state index contributed by atoms with van der Waals surface area (Å²) >= 11 is 5.88. The minimum absolute atomic E-state index is 0.0946. The monoisotopic (exact) mass is 413 g/mol. The van der Waals surface area contributed by atoms with Gasteiger partial charge in [-0.3, -0.25) is 9.89 Å². The van der Waals surface area contributed by atoms with E-state index in [9.17, 15) is 14.4 Å². The summed E-state index contributed by atoms with van der Waals surface area (Å²) in [5.74, 6) is -1.81. The molecule has 0 saturated carbocycles. The van der Waals surface area contributed by atoms with E-state index >= 15 is 0 Å². The molecule has 1 aromatic heterocycles. The fourth-order valence-corrected chi connectivity index (χ4v) is 2.70. The zero-order valence-electron chi connectivity index (χ0n) is 15.5. The number of benzene rings is 2. The quantitative estimate of drug-likeness (QED) is 0.619. The maximum Gasteiger partial charge on any atom is 0.337 e. The fourth-order valence-electron chi connectivity index (χ4n) is 2.58. The molecule has 2 aromatic carbocycles. The molecule has 0 atom stereocenters. The first-order chi connectivity index (χ1) is 13.9. The number of hydrogen-bond acceptors (Lipinski definition) is 6. The van der Waals surface area contributed by atoms with Gasteiger partial charge in [-0.05, 0) is 36.4 Å². The third-order valence-corrected chi connectivity index (χ3v) is 4.25. The van der Waals surface area contributed by atoms with E-state index in [4.69, 9.17) is 11.6 Å². The highest BCUT2D eigenvalue weighted by Crippen LogP contribution is 2.21. The van der Waals surface area contributed by atoms with E-state index in [0.717, 1.165) is 5.56 Å². The van der Waals surface area contributed by atoms with Crippen molar-refractivity contribution in [2.45, 2.75) is 0 Å². The number of carbonyl (C=O) groups excluding carboxylic acids is 3. The molecule has 0 radical (unpaired) electrons. The highest BCUT2D eigenvalue weighted by molar-refractivity contribution is 6.30. The van der Waals surface area contributed by atoms with Gasteiger partial charge in [0.2, 0.25) is 0 Å². The van der Waals surface area contributed by atoms with Crippen molar-refractivity contribution in [3.8, 4) is 11.3 Å². The van der Waals surface area contributed by atoms with E-state index in [2.05, 4.69) is 25.0 Å². The van der Waals surface area contributed by atoms with Crippen molar-refractivity contribution in [1.82, 2.24) is 10.2 Å². The van der Waals surface area contributed by atoms with E-state index in [1.54, 1.807) is 30.3 Å². The molecule has 0 fully saturated rings. The lowest BCUT2D eigenvalue weighted by atomic mass is 10.1. The van der Waals surface area contributed by atoms with Crippen molar-refractivity contribution >= 4 is 35.1 Å². The van der Waals surface area contributed by atoms with Crippen molar-refractivity contribution in [1.29, 1.82) is 0 Å². The number of halogens is 1. The maximum atomic E-state index is 12.6. The van der Waals surface area contributed by atoms with Crippen molar-refractivity contribution in [3.05, 3.63) is 70.4 Å². The number of nitrogens with zero attached hydrogens (tertiary/aromatic N) is 1. The minimum Gasteiger partial charge on any atom is -0.465 e. The molecule has 0 bridgehead atoms. The van der Waals surface area contributed by atoms with Gasteiger partial charge in [0.25, 0.3) is 5.91 Å². The average molecular weight is 414 g/mol. The molecule has 8 nitrogen and oxygen atoms in total. The van der Waals surface area contributed by atoms with E-state index in [1.807, 2.05) is 0 Å². The molecule has 3 rings (SSSR count). The Bertz CT molecular complexity index is 1040. The highest BCUT2D eigenvalue weighted by Gasteiger charge is 2.17. The van der Waals surface area contributed by atoms with Crippen molar-refractivity contribution in [3.63, 3.8) is 0 Å². The number of anilines is 1. The van der Waals surface area contributed by atoms with E-state index < -0.39 is 17.8 Å². The minimum atomic E-state index is -0.655. The molecule has 0 saturated heterocycles. The first-order valence-electron chi connectivity index (χ1n) is 8.35. The standard InChI is InChI=1S/C20H16ClN3O5/c1-28-19(26)12-7-13(20(27)29-2)9-15(8-12)22-18(25)17-10-16(23-24-17)11-3-5-14(21)6-4-11/h3-10H,1-2H3,(H,22,25)(H,23,24). The summed E-state index contributed by atoms with van der Waals surface area (Å²) in [5.41, 5.74) is 1.95. The Labute approximate surface area is 170 Å². The van der Waals surface area contributed by atoms with Gasteiger partial charge in [0.15, 0.2) is 0 Å². The van der Waals surface area contributed by atoms with Crippen molar-refractivity contribution in [2.75, 3.05) is 19.5 Å². The number of aromatic amines is 1. The molecule has 1 heterocycles. The zero-order chi connectivity index (χ0) is 21.0. The Morgan fingerprint density at radius 1 is 0.931 bits per heavy atom. The number of esters is 2. The Kier molecular flexibility index (Phi) is 5.94. The number of carbonyl (C=O) groups is 3. The smallest absolute Gasteiger partial charge is 0.337 e. The molecule has 29 heavy (non-hydrogen) atoms. The molecule has 148 valence electrons. The third kappa shape index (κ3) is 4.61. The second-order valence-electron chi connectivity index (χ2n) is 5.91. The lowest BCUT2D eigenvalue weighted by Gasteiger charge is -2.09. The van der Waals surface area contributed by atoms with Crippen molar-refractivity contribution < 1.29 is 23.9 Å². The Hall–Kier alpha value is -3.65. The number of rotatable bonds is 5. The summed E-state index contributed by atoms with van der Waals surface area (Å²) in [6, 6.07) is 12.7. The summed E-state index contributed by atoms with van der Waals surface area (Å²) in [5, 5.41) is 9.99. The van der Waals surface area contributed by atoms with Gasteiger partial charge in [0.05, 0.1) is 31.0 Å². The first kappa shape index (κ1) is 20.1. The molecule has 0 aliphatic rings. The Morgan fingerprint density at radius 3 is 2.07 bits per heavy atom. The van der Waals surface area contributed by atoms with Crippen LogP contribution in [0.4, 0.5) is 5.69 Å². The average Bonchev–Trinajstić information content (AvgIpc) is 3.23. The fraction of sp³-hybridized carbons (Fsp3) is 0.100. The Morgan fingerprint density at radius 2 is 1.52 bits per heavy atom. The molecule has 1 amide bonds. The lowest BCUT2D eigenvalue weighted by Crippen LogP contribution is -2.14. The maximum absolute atomic E-state index is 12.6. The molecule has 0 aliphatic carbocycles. The van der Waals surface area contributed by atoms with Crippen LogP contribution in [0.2, 0.25) is 5.02 Å². The zero-order valence-corrected chi connectivity index (χ0v) is 16.2. The van der Waals surface area contributed by atoms with Gasteiger partial charge in [-0.15, -0.1) is 0 Å². The number of H-pyrrole nitrogens is 1. The summed E-state index contributed by atoms with van der Waals surface area (Å²) in [7, 11) is 2.43. The topological polar surface area (TPSA) is 110 Å². The number of methoxy groups -OCH3 is 2. The van der Waals surface area contributed by atoms with Crippen LogP contribution in [0.1, 0.15) is 31.2 Å². The van der Waals surface area contributed by atoms with Gasteiger partial charge < -0.3 is 14.8 Å². The van der Waals surface area contributed by atoms with Gasteiger partial charge in [-0.1, -0.05) is 23.7 Å². The van der Waals surface area contributed by atoms with Gasteiger partial charge >= 0.3 is 11.9 Å². The second kappa shape index (κ2) is 8.57. The van der Waals surface area contributed by atoms with Crippen LogP contribution in [0, 0.1) is 0 Å². The van der Waals surface area contributed by atoms with Gasteiger partial charge in [0.1, 0.15) is 5.69 Å². The molecule has 0 unspecified atom stereocenters. The molecule has 0 spiro atoms. The van der Waals surface area contributed by atoms with Gasteiger partial charge in [-0.25, -0.2) is 9.59 Å². The van der Waals surface area contributed by atoms with E-state index in [-0.39, 0.29) is 22.5 Å². The Balaban J connectivity index is 1.85. The van der Waals surface area contributed by atoms with Crippen LogP contribution < -0.4 is 5.32 Å². The van der Waals surface area contributed by atoms with Crippen molar-refractivity contribution in [2.24, 2.45) is 0 Å². The predicted molar refractivity (Wildman–Crippen MR) is 106 cm³/mol. The molecule has 9 heteroatoms. The largest absolute Gasteiger partial charge is 0.465 e. The number of amides is 1. The number of nitrogens with one attached hydrogen (secondary N) is 2. The molecular weight excluding hydrogens is 398 g/mol. The van der Waals surface area contributed by atoms with Crippen LogP contribution in [-0.4, -0.2) is 42.3 Å². The summed E-state index contributed by atoms with van der Waals surface area (Å²) < 4.78 is 9.36. The molecule has 3 aromatic rings. The van der Waals surface area contributed by atoms with Crippen LogP contribution in [0.5, 0.6) is 0 Å². The summed E-state index contributed by atoms with van der Waals surface area (Å²) in [6.45, 7) is 0. The predicted octanol–water partition coefficient (Wildman–Crippen LogP) is 3.56. The normalized spacial score (nSPS) is 10.3. The number of ether oxygens (including phenoxy) is 2. The summed E-state index contributed by atoms with van der Waals surface area (Å²) in [4.78, 5) is 36.3. The summed E-state index contributed by atoms with van der Waals surface area (Å²) in [6.07, 6.45) is 0. The molecule has 0 aliphatic heterocycles. The van der Waals surface area contributed by atoms with E-state index in [0.29, 0.717) is 10.7 Å². The highest BCUT2D eigenvalue weighted by atomic mass is 35.5. The lowest BCUT2D eigenvalue weighted by molar-refractivity contribution is 0.0599. The second-order valence-corrected chi connectivity index (χ2v) is 6.35. The number of hydrogen-bond donors (Lipinski definition) is 2. The van der Waals surface area contributed by atoms with Crippen LogP contribution in [0.25, 0.3) is 11.3 Å². The SMILES string of the molecule is COC(=O)c1cc(NC(=O)c2cc(-c3ccc(Cl)cc3)n[nH]2)cc(C(=O)OC)c1. The van der Waals surface area contributed by atoms with E-state index in [1.165, 1.54) is 32.4 Å². The van der Waals surface area contributed by atoms with Gasteiger partial charge in [-0.2, -0.15) is 5.10 Å². The van der Waals surface area contributed by atoms with Crippen LogP contribution >= 0.6 is 11.6 Å². The molecule has 2 N–H and O–H groups in total. The van der Waals surface area contributed by atoms with Crippen LogP contribution in [0.15, 0.2) is 48.5 Å². The number of aromatic nitrogens is 2. The third-order valence-electron chi connectivity index (χ3n) is 4.00. The van der Waals surface area contributed by atoms with Crippen LogP contribution in [-0.2, 0) is 9.47 Å².